The summed E-state index contributed by atoms with van der Waals surface area (Å²) in [6, 6.07) is 3.14. The third-order valence-corrected chi connectivity index (χ3v) is 1.91. The summed E-state index contributed by atoms with van der Waals surface area (Å²) in [6.45, 7) is 3.22. The van der Waals surface area contributed by atoms with E-state index in [1.54, 1.807) is 0 Å². The normalized spacial score (nSPS) is 10.2. The van der Waals surface area contributed by atoms with Gasteiger partial charge in [-0.2, -0.15) is 0 Å². The molecule has 0 N–H and O–H groups in total. The van der Waals surface area contributed by atoms with Crippen LogP contribution in [0.25, 0.3) is 0 Å². The van der Waals surface area contributed by atoms with E-state index in [4.69, 9.17) is 9.47 Å². The smallest absolute Gasteiger partial charge is 0.276 e. The van der Waals surface area contributed by atoms with Crippen molar-refractivity contribution in [3.63, 3.8) is 0 Å². The maximum Gasteiger partial charge on any atom is 0.276 e. The average Bonchev–Trinajstić information content (AvgIpc) is 2.28. The van der Waals surface area contributed by atoms with Gasteiger partial charge < -0.3 is 9.47 Å². The second-order valence-electron chi connectivity index (χ2n) is 3.36. The molecule has 6 heteroatoms. The molecule has 0 heterocycles. The molecule has 0 aliphatic carbocycles. The lowest BCUT2D eigenvalue weighted by molar-refractivity contribution is -0.385. The average molecular weight is 243 g/mol. The van der Waals surface area contributed by atoms with Gasteiger partial charge in [0, 0.05) is 12.7 Å². The number of nitro groups is 1. The molecule has 0 aromatic heterocycles. The van der Waals surface area contributed by atoms with E-state index in [0.29, 0.717) is 13.2 Å². The number of rotatable bonds is 7. The van der Waals surface area contributed by atoms with Crippen LogP contribution in [0, 0.1) is 15.9 Å². The highest BCUT2D eigenvalue weighted by Crippen LogP contribution is 2.21. The van der Waals surface area contributed by atoms with Crippen molar-refractivity contribution in [1.29, 1.82) is 0 Å². The zero-order chi connectivity index (χ0) is 12.7. The van der Waals surface area contributed by atoms with Crippen LogP contribution >= 0.6 is 0 Å². The zero-order valence-electron chi connectivity index (χ0n) is 9.52. The molecular formula is C11H14FNO4. The number of hydrogen-bond donors (Lipinski definition) is 0. The topological polar surface area (TPSA) is 61.6 Å². The fourth-order valence-corrected chi connectivity index (χ4v) is 1.20. The lowest BCUT2D eigenvalue weighted by Crippen LogP contribution is -2.07. The summed E-state index contributed by atoms with van der Waals surface area (Å²) in [4.78, 5) is 9.82. The molecule has 0 saturated heterocycles. The van der Waals surface area contributed by atoms with Crippen molar-refractivity contribution in [2.75, 3.05) is 19.8 Å². The van der Waals surface area contributed by atoms with E-state index in [1.165, 1.54) is 6.07 Å². The highest BCUT2D eigenvalue weighted by molar-refractivity contribution is 5.38. The molecule has 17 heavy (non-hydrogen) atoms. The first kappa shape index (κ1) is 13.4. The first-order valence-electron chi connectivity index (χ1n) is 5.29. The van der Waals surface area contributed by atoms with Crippen LogP contribution in [0.1, 0.15) is 13.3 Å². The minimum absolute atomic E-state index is 0.136. The van der Waals surface area contributed by atoms with E-state index >= 15 is 0 Å². The van der Waals surface area contributed by atoms with Crippen LogP contribution in [0.5, 0.6) is 5.75 Å². The summed E-state index contributed by atoms with van der Waals surface area (Å²) < 4.78 is 23.3. The molecule has 0 aliphatic heterocycles. The number of nitro benzene ring substituents is 1. The van der Waals surface area contributed by atoms with Gasteiger partial charge >= 0.3 is 0 Å². The SMILES string of the molecule is CCCOCCOc1cc(F)cc([N+](=O)[O-])c1. The molecule has 0 fully saturated rings. The Morgan fingerprint density at radius 2 is 2.06 bits per heavy atom. The summed E-state index contributed by atoms with van der Waals surface area (Å²) in [5.41, 5.74) is -0.325. The number of non-ortho nitro benzene ring substituents is 1. The molecule has 0 amide bonds. The van der Waals surface area contributed by atoms with Crippen molar-refractivity contribution in [2.45, 2.75) is 13.3 Å². The standard InChI is InChI=1S/C11H14FNO4/c1-2-3-16-4-5-17-11-7-9(12)6-10(8-11)13(14)15/h6-8H,2-5H2,1H3. The van der Waals surface area contributed by atoms with Gasteiger partial charge in [0.25, 0.3) is 5.69 Å². The van der Waals surface area contributed by atoms with Crippen molar-refractivity contribution in [3.05, 3.63) is 34.1 Å². The van der Waals surface area contributed by atoms with Crippen molar-refractivity contribution < 1.29 is 18.8 Å². The molecule has 0 atom stereocenters. The Kier molecular flexibility index (Phi) is 5.35. The summed E-state index contributed by atoms with van der Waals surface area (Å²) in [6.07, 6.45) is 0.908. The van der Waals surface area contributed by atoms with Gasteiger partial charge in [-0.15, -0.1) is 0 Å². The van der Waals surface area contributed by atoms with E-state index in [2.05, 4.69) is 0 Å². The van der Waals surface area contributed by atoms with Crippen molar-refractivity contribution in [1.82, 2.24) is 0 Å². The van der Waals surface area contributed by atoms with Crippen molar-refractivity contribution in [2.24, 2.45) is 0 Å². The Morgan fingerprint density at radius 3 is 2.71 bits per heavy atom. The van der Waals surface area contributed by atoms with Gasteiger partial charge in [0.05, 0.1) is 23.7 Å². The molecule has 5 nitrogen and oxygen atoms in total. The maximum absolute atomic E-state index is 13.0. The number of hydrogen-bond acceptors (Lipinski definition) is 4. The highest BCUT2D eigenvalue weighted by atomic mass is 19.1. The molecule has 0 aliphatic rings. The molecular weight excluding hydrogens is 229 g/mol. The van der Waals surface area contributed by atoms with Gasteiger partial charge in [-0.25, -0.2) is 4.39 Å². The summed E-state index contributed by atoms with van der Waals surface area (Å²) in [5, 5.41) is 10.5. The molecule has 0 saturated carbocycles. The second kappa shape index (κ2) is 6.80. The van der Waals surface area contributed by atoms with Crippen molar-refractivity contribution >= 4 is 5.69 Å². The molecule has 94 valence electrons. The third-order valence-electron chi connectivity index (χ3n) is 1.91. The second-order valence-corrected chi connectivity index (χ2v) is 3.36. The van der Waals surface area contributed by atoms with Crippen LogP contribution in [0.15, 0.2) is 18.2 Å². The fraction of sp³-hybridized carbons (Fsp3) is 0.455. The fourth-order valence-electron chi connectivity index (χ4n) is 1.20. The lowest BCUT2D eigenvalue weighted by Gasteiger charge is -2.06. The molecule has 0 bridgehead atoms. The van der Waals surface area contributed by atoms with Gasteiger partial charge in [0.1, 0.15) is 18.2 Å². The quantitative estimate of drug-likeness (QED) is 0.419. The minimum atomic E-state index is -0.691. The van der Waals surface area contributed by atoms with Gasteiger partial charge in [0.15, 0.2) is 0 Å². The van der Waals surface area contributed by atoms with E-state index in [-0.39, 0.29) is 18.0 Å². The lowest BCUT2D eigenvalue weighted by atomic mass is 10.3. The van der Waals surface area contributed by atoms with Crippen LogP contribution < -0.4 is 4.74 Å². The van der Waals surface area contributed by atoms with E-state index in [0.717, 1.165) is 18.6 Å². The number of nitrogens with zero attached hydrogens (tertiary/aromatic N) is 1. The Hall–Kier alpha value is -1.69. The zero-order valence-corrected chi connectivity index (χ0v) is 9.52. The molecule has 0 unspecified atom stereocenters. The number of ether oxygens (including phenoxy) is 2. The molecule has 1 aromatic rings. The third kappa shape index (κ3) is 4.78. The van der Waals surface area contributed by atoms with Crippen LogP contribution in [-0.2, 0) is 4.74 Å². The summed E-state index contributed by atoms with van der Waals surface area (Å²) in [5.74, 6) is -0.555. The Bertz CT molecular complexity index is 384. The number of halogens is 1. The summed E-state index contributed by atoms with van der Waals surface area (Å²) in [7, 11) is 0. The van der Waals surface area contributed by atoms with Gasteiger partial charge in [-0.05, 0) is 6.42 Å². The van der Waals surface area contributed by atoms with Gasteiger partial charge in [-0.3, -0.25) is 10.1 Å². The van der Waals surface area contributed by atoms with Crippen LogP contribution in [0.3, 0.4) is 0 Å². The Balaban J connectivity index is 2.50. The molecule has 1 aromatic carbocycles. The minimum Gasteiger partial charge on any atom is -0.491 e. The monoisotopic (exact) mass is 243 g/mol. The largest absolute Gasteiger partial charge is 0.491 e. The first-order valence-corrected chi connectivity index (χ1v) is 5.29. The number of benzene rings is 1. The van der Waals surface area contributed by atoms with E-state index in [9.17, 15) is 14.5 Å². The van der Waals surface area contributed by atoms with E-state index in [1.807, 2.05) is 6.92 Å². The highest BCUT2D eigenvalue weighted by Gasteiger charge is 2.10. The predicted molar refractivity (Wildman–Crippen MR) is 59.7 cm³/mol. The van der Waals surface area contributed by atoms with Crippen molar-refractivity contribution in [3.8, 4) is 5.75 Å². The van der Waals surface area contributed by atoms with Crippen LogP contribution in [0.4, 0.5) is 10.1 Å². The molecule has 0 radical (unpaired) electrons. The van der Waals surface area contributed by atoms with Gasteiger partial charge in [0.2, 0.25) is 0 Å². The van der Waals surface area contributed by atoms with Crippen LogP contribution in [0.2, 0.25) is 0 Å². The Labute approximate surface area is 98.3 Å². The van der Waals surface area contributed by atoms with E-state index < -0.39 is 10.7 Å². The first-order chi connectivity index (χ1) is 8.13. The van der Waals surface area contributed by atoms with Crippen LogP contribution in [-0.4, -0.2) is 24.7 Å². The molecule has 0 spiro atoms. The van der Waals surface area contributed by atoms with Gasteiger partial charge in [-0.1, -0.05) is 6.92 Å². The predicted octanol–water partition coefficient (Wildman–Crippen LogP) is 2.54. The molecule has 1 rings (SSSR count). The maximum atomic E-state index is 13.0. The Morgan fingerprint density at radius 1 is 1.29 bits per heavy atom. The summed E-state index contributed by atoms with van der Waals surface area (Å²) >= 11 is 0.